The van der Waals surface area contributed by atoms with Crippen molar-refractivity contribution in [2.24, 2.45) is 0 Å². The predicted octanol–water partition coefficient (Wildman–Crippen LogP) is 4.89. The molecule has 1 atom stereocenters. The first-order chi connectivity index (χ1) is 13.1. The molecule has 0 radical (unpaired) electrons. The van der Waals surface area contributed by atoms with Crippen LogP contribution >= 0.6 is 0 Å². The molecule has 1 aliphatic rings. The van der Waals surface area contributed by atoms with E-state index >= 15 is 0 Å². The Morgan fingerprint density at radius 3 is 1.64 bits per heavy atom. The molecule has 0 bridgehead atoms. The van der Waals surface area contributed by atoms with Crippen LogP contribution in [0.25, 0.3) is 0 Å². The van der Waals surface area contributed by atoms with Gasteiger partial charge < -0.3 is 18.0 Å². The van der Waals surface area contributed by atoms with Gasteiger partial charge in [0.25, 0.3) is 0 Å². The van der Waals surface area contributed by atoms with Crippen molar-refractivity contribution in [2.45, 2.75) is 52.1 Å². The minimum atomic E-state index is -2.37. The molecule has 6 heteroatoms. The Balaban J connectivity index is 0.00000137. The van der Waals surface area contributed by atoms with Gasteiger partial charge in [0.05, 0.1) is 5.54 Å². The van der Waals surface area contributed by atoms with E-state index in [2.05, 4.69) is 16.7 Å². The standard InChI is InChI=1S/C18H21N2O2S.2C2H6.Rf/c1-20-14-8-13-17(20)18(19-23(21)22,15-9-4-2-5-10-15)16-11-6-3-7-12-16;2*1-2;/h2-7,9-12,17H,8,13-14H2,1H3,(H,19,21,22);2*1-2H3;/q-1;;;. The fraction of sp³-hybridized carbons (Fsp3) is 0.455. The van der Waals surface area contributed by atoms with Gasteiger partial charge in [-0.15, -0.1) is 0 Å². The van der Waals surface area contributed by atoms with Gasteiger partial charge in [-0.1, -0.05) is 88.4 Å². The van der Waals surface area contributed by atoms with Gasteiger partial charge in [0.1, 0.15) is 0 Å². The maximum Gasteiger partial charge on any atom is 0.0712 e. The molecule has 1 unspecified atom stereocenters. The molecule has 0 saturated carbocycles. The molecule has 1 heterocycles. The molecule has 0 spiro atoms. The maximum absolute atomic E-state index is 11.7. The number of likely N-dealkylation sites (tertiary alicyclic amines) is 1. The SMILES string of the molecule is CC.CC.CN1CCCC1C(N[S-](=O)=O)(c1ccccc1)c1ccccc1.[Rf]. The second-order valence-electron chi connectivity index (χ2n) is 6.02. The zero-order chi connectivity index (χ0) is 20.3. The van der Waals surface area contributed by atoms with Crippen LogP contribution in [0.4, 0.5) is 0 Å². The van der Waals surface area contributed by atoms with E-state index in [1.165, 1.54) is 0 Å². The third-order valence-corrected chi connectivity index (χ3v) is 5.21. The number of nitrogens with zero attached hydrogens (tertiary/aromatic N) is 1. The van der Waals surface area contributed by atoms with Gasteiger partial charge >= 0.3 is 0 Å². The zero-order valence-electron chi connectivity index (χ0n) is 17.9. The van der Waals surface area contributed by atoms with E-state index in [4.69, 9.17) is 0 Å². The number of likely N-dealkylation sites (N-methyl/N-ethyl adjacent to an activating group) is 1. The molecule has 1 N–H and O–H groups in total. The molecule has 0 aromatic heterocycles. The Morgan fingerprint density at radius 1 is 0.893 bits per heavy atom. The molecule has 4 nitrogen and oxygen atoms in total. The van der Waals surface area contributed by atoms with Crippen LogP contribution in [-0.4, -0.2) is 24.5 Å². The van der Waals surface area contributed by atoms with Crippen LogP contribution in [0.15, 0.2) is 60.7 Å². The summed E-state index contributed by atoms with van der Waals surface area (Å²) in [4.78, 5) is 2.25. The van der Waals surface area contributed by atoms with E-state index < -0.39 is 16.4 Å². The van der Waals surface area contributed by atoms with Crippen LogP contribution < -0.4 is 4.72 Å². The summed E-state index contributed by atoms with van der Waals surface area (Å²) in [5.41, 5.74) is 1.16. The molecule has 1 aliphatic heterocycles. The summed E-state index contributed by atoms with van der Waals surface area (Å²) in [6.07, 6.45) is 2.01. The van der Waals surface area contributed by atoms with Crippen LogP contribution in [0.5, 0.6) is 0 Å². The van der Waals surface area contributed by atoms with Crippen LogP contribution in [0, 0.1) is 0 Å². The molecule has 2 aromatic rings. The van der Waals surface area contributed by atoms with Gasteiger partial charge in [0, 0.05) is 6.04 Å². The van der Waals surface area contributed by atoms with Crippen molar-refractivity contribution in [1.29, 1.82) is 0 Å². The summed E-state index contributed by atoms with van der Waals surface area (Å²) in [6.45, 7) is 8.97. The van der Waals surface area contributed by atoms with Crippen LogP contribution in [-0.2, 0) is 24.8 Å². The van der Waals surface area contributed by atoms with Crippen molar-refractivity contribution < 1.29 is 8.42 Å². The molecule has 3 rings (SSSR count). The van der Waals surface area contributed by atoms with Crippen LogP contribution in [0.2, 0.25) is 0 Å². The van der Waals surface area contributed by atoms with Crippen LogP contribution in [0.1, 0.15) is 51.7 Å². The Labute approximate surface area is 166 Å². The fourth-order valence-corrected chi connectivity index (χ4v) is 4.36. The Kier molecular flexibility index (Phi) is 11.4. The predicted molar refractivity (Wildman–Crippen MR) is 114 cm³/mol. The zero-order valence-corrected chi connectivity index (χ0v) is 25.1. The van der Waals surface area contributed by atoms with Crippen molar-refractivity contribution in [3.63, 3.8) is 0 Å². The molecule has 1 fully saturated rings. The molecular formula is C22H33N2O2RfS-. The summed E-state index contributed by atoms with van der Waals surface area (Å²) in [5.74, 6) is 0. The summed E-state index contributed by atoms with van der Waals surface area (Å²) in [5, 5.41) is 0. The molecular weight excluding hydrogens is 623 g/mol. The number of hydrogen-bond donors (Lipinski definition) is 1. The van der Waals surface area contributed by atoms with E-state index in [1.54, 1.807) is 0 Å². The summed E-state index contributed by atoms with van der Waals surface area (Å²) < 4.78 is 26.3. The van der Waals surface area contributed by atoms with E-state index in [9.17, 15) is 8.42 Å². The minimum Gasteiger partial charge on any atom is -0.409 e. The third kappa shape index (κ3) is 5.41. The molecule has 152 valence electrons. The maximum atomic E-state index is 11.7. The molecule has 0 amide bonds. The van der Waals surface area contributed by atoms with Gasteiger partial charge in [-0.25, -0.2) is 0 Å². The number of nitrogens with one attached hydrogen (secondary N) is 1. The summed E-state index contributed by atoms with van der Waals surface area (Å²) in [6, 6.07) is 19.8. The number of rotatable bonds is 5. The Bertz CT molecular complexity index is 676. The van der Waals surface area contributed by atoms with Crippen molar-refractivity contribution in [3.05, 3.63) is 71.8 Å². The third-order valence-electron chi connectivity index (χ3n) is 4.72. The van der Waals surface area contributed by atoms with Crippen molar-refractivity contribution in [3.8, 4) is 0 Å². The van der Waals surface area contributed by atoms with Crippen molar-refractivity contribution in [2.75, 3.05) is 13.6 Å². The number of hydrogen-bond acceptors (Lipinski definition) is 4. The largest absolute Gasteiger partial charge is 0.409 e. The monoisotopic (exact) mass is 656 g/mol. The van der Waals surface area contributed by atoms with Gasteiger partial charge in [0.15, 0.2) is 0 Å². The molecule has 0 aliphatic carbocycles. The van der Waals surface area contributed by atoms with E-state index in [0.717, 1.165) is 30.5 Å². The summed E-state index contributed by atoms with van der Waals surface area (Å²) >= 11 is 0. The Morgan fingerprint density at radius 2 is 1.32 bits per heavy atom. The van der Waals surface area contributed by atoms with E-state index in [-0.39, 0.29) is 6.04 Å². The van der Waals surface area contributed by atoms with Gasteiger partial charge in [-0.3, -0.25) is 0 Å². The Hall–Kier alpha value is -2.69. The molecule has 2 aromatic carbocycles. The first kappa shape index (κ1) is 25.3. The van der Waals surface area contributed by atoms with Gasteiger partial charge in [-0.05, 0) is 48.5 Å². The normalized spacial score (nSPS) is 16.3. The first-order valence-corrected chi connectivity index (χ1v) is 10.9. The van der Waals surface area contributed by atoms with Crippen LogP contribution in [0.3, 0.4) is 0 Å². The second-order valence-corrected chi connectivity index (χ2v) is 6.69. The quantitative estimate of drug-likeness (QED) is 0.467. The van der Waals surface area contributed by atoms with Crippen molar-refractivity contribution in [1.82, 2.24) is 9.62 Å². The van der Waals surface area contributed by atoms with E-state index in [1.807, 2.05) is 88.4 Å². The molecule has 28 heavy (non-hydrogen) atoms. The smallest absolute Gasteiger partial charge is 0.0712 e. The topological polar surface area (TPSA) is 49.4 Å². The average Bonchev–Trinajstić information content (AvgIpc) is 3.16. The first-order valence-electron chi connectivity index (χ1n) is 9.83. The summed E-state index contributed by atoms with van der Waals surface area (Å²) in [7, 11) is -0.310. The van der Waals surface area contributed by atoms with E-state index in [0.29, 0.717) is 0 Å². The van der Waals surface area contributed by atoms with Crippen molar-refractivity contribution >= 4 is 10.9 Å². The average molecular weight is 657 g/mol. The fourth-order valence-electron chi connectivity index (χ4n) is 3.73. The van der Waals surface area contributed by atoms with Gasteiger partial charge in [0.2, 0.25) is 0 Å². The van der Waals surface area contributed by atoms with Gasteiger partial charge in [-0.2, -0.15) is 0 Å². The molecule has 1 saturated heterocycles. The number of benzene rings is 2. The second kappa shape index (κ2) is 12.7. The minimum absolute atomic E-state index is 0.